The summed E-state index contributed by atoms with van der Waals surface area (Å²) in [6, 6.07) is 18.2. The SMILES string of the molecule is COc1cc(OCCCN(C)CCC(=O)N[C@H](C(=O)N2C[C@H](O)C[C@H]2C(=O)NCc2ccc(-c3scnc3C)cc2)C(C)(C)C)ccc1NC(=O)c1cccc(-c2ccn[nH]2)n1. The molecular weight excluding hydrogens is 811 g/mol. The number of aromatic nitrogens is 4. The summed E-state index contributed by atoms with van der Waals surface area (Å²) in [6.07, 6.45) is 1.68. The van der Waals surface area contributed by atoms with Crippen LogP contribution in [0.4, 0.5) is 5.69 Å². The number of aromatic amines is 1. The lowest BCUT2D eigenvalue weighted by molar-refractivity contribution is -0.144. The molecule has 62 heavy (non-hydrogen) atoms. The molecule has 1 fully saturated rings. The van der Waals surface area contributed by atoms with Crippen molar-refractivity contribution in [2.45, 2.75) is 71.7 Å². The van der Waals surface area contributed by atoms with Crippen molar-refractivity contribution in [3.8, 4) is 33.3 Å². The molecule has 17 heteroatoms. The number of likely N-dealkylation sites (tertiary alicyclic amines) is 1. The predicted molar refractivity (Wildman–Crippen MR) is 237 cm³/mol. The Bertz CT molecular complexity index is 2310. The molecule has 6 rings (SSSR count). The molecule has 4 heterocycles. The molecule has 1 saturated heterocycles. The highest BCUT2D eigenvalue weighted by atomic mass is 32.1. The number of rotatable bonds is 18. The highest BCUT2D eigenvalue weighted by Gasteiger charge is 2.44. The van der Waals surface area contributed by atoms with Crippen LogP contribution >= 0.6 is 11.3 Å². The molecule has 4 amide bonds. The van der Waals surface area contributed by atoms with Gasteiger partial charge >= 0.3 is 0 Å². The van der Waals surface area contributed by atoms with Crippen LogP contribution < -0.4 is 25.4 Å². The number of thiazole rings is 1. The zero-order chi connectivity index (χ0) is 44.4. The second kappa shape index (κ2) is 20.6. The van der Waals surface area contributed by atoms with Gasteiger partial charge in [-0.15, -0.1) is 11.3 Å². The van der Waals surface area contributed by atoms with Gasteiger partial charge in [-0.2, -0.15) is 5.10 Å². The van der Waals surface area contributed by atoms with Crippen LogP contribution in [0.5, 0.6) is 11.5 Å². The lowest BCUT2D eigenvalue weighted by Gasteiger charge is -2.35. The van der Waals surface area contributed by atoms with E-state index in [2.05, 4.69) is 36.1 Å². The zero-order valence-corrected chi connectivity index (χ0v) is 36.8. The molecular formula is C45H55N9O7S. The van der Waals surface area contributed by atoms with Crippen LogP contribution in [0.1, 0.15) is 61.8 Å². The monoisotopic (exact) mass is 865 g/mol. The number of amides is 4. The number of nitrogens with one attached hydrogen (secondary N) is 4. The second-order valence-corrected chi connectivity index (χ2v) is 17.2. The number of benzene rings is 2. The maximum absolute atomic E-state index is 14.0. The summed E-state index contributed by atoms with van der Waals surface area (Å²) in [7, 11) is 3.42. The zero-order valence-electron chi connectivity index (χ0n) is 35.9. The van der Waals surface area contributed by atoms with E-state index in [-0.39, 0.29) is 43.4 Å². The standard InChI is InChI=1S/C45H55N9O7S/c1-28-40(62-27-47-28)30-13-11-29(12-14-30)25-46-43(58)37-23-31(55)26-54(37)44(59)41(45(2,3)4)51-39(56)18-21-53(5)20-8-22-61-32-15-16-35(38(24-32)60-6)50-42(57)36-10-7-9-33(49-36)34-17-19-48-52-34/h7,9-17,19,24,27,31,37,41,55H,8,18,20-23,25-26H2,1-6H3,(H,46,58)(H,48,52)(H,50,57)(H,51,56)/t31-,37+,41-/m1/s1. The van der Waals surface area contributed by atoms with Gasteiger partial charge in [-0.05, 0) is 67.3 Å². The topological polar surface area (TPSA) is 204 Å². The number of H-pyrrole nitrogens is 1. The van der Waals surface area contributed by atoms with Gasteiger partial charge in [0, 0.05) is 51.3 Å². The normalized spacial score (nSPS) is 15.6. The highest BCUT2D eigenvalue weighted by molar-refractivity contribution is 7.13. The third kappa shape index (κ3) is 11.8. The molecule has 5 N–H and O–H groups in total. The molecule has 0 aliphatic carbocycles. The van der Waals surface area contributed by atoms with Gasteiger partial charge < -0.3 is 40.3 Å². The van der Waals surface area contributed by atoms with E-state index in [0.29, 0.717) is 54.7 Å². The minimum Gasteiger partial charge on any atom is -0.494 e. The average Bonchev–Trinajstić information content (AvgIpc) is 4.05. The molecule has 0 unspecified atom stereocenters. The third-order valence-corrected chi connectivity index (χ3v) is 11.5. The Morgan fingerprint density at radius 2 is 1.85 bits per heavy atom. The number of aryl methyl sites for hydroxylation is 1. The molecule has 328 valence electrons. The number of pyridine rings is 1. The molecule has 1 aliphatic heterocycles. The van der Waals surface area contributed by atoms with E-state index in [4.69, 9.17) is 9.47 Å². The van der Waals surface area contributed by atoms with E-state index in [1.54, 1.807) is 60.0 Å². The summed E-state index contributed by atoms with van der Waals surface area (Å²) < 4.78 is 11.5. The maximum atomic E-state index is 14.0. The van der Waals surface area contributed by atoms with Crippen molar-refractivity contribution in [1.29, 1.82) is 0 Å². The summed E-state index contributed by atoms with van der Waals surface area (Å²) in [5, 5.41) is 26.1. The molecule has 3 atom stereocenters. The fourth-order valence-corrected chi connectivity index (χ4v) is 7.91. The first-order chi connectivity index (χ1) is 29.7. The van der Waals surface area contributed by atoms with Crippen LogP contribution in [0.2, 0.25) is 0 Å². The van der Waals surface area contributed by atoms with Crippen molar-refractivity contribution in [2.75, 3.05) is 45.7 Å². The molecule has 0 saturated carbocycles. The Labute approximate surface area is 365 Å². The smallest absolute Gasteiger partial charge is 0.274 e. The number of nitrogens with zero attached hydrogens (tertiary/aromatic N) is 5. The average molecular weight is 866 g/mol. The number of methoxy groups -OCH3 is 1. The molecule has 3 aromatic heterocycles. The molecule has 5 aromatic rings. The molecule has 2 aromatic carbocycles. The quantitative estimate of drug-likeness (QED) is 0.0737. The first-order valence-corrected chi connectivity index (χ1v) is 21.4. The second-order valence-electron chi connectivity index (χ2n) is 16.4. The summed E-state index contributed by atoms with van der Waals surface area (Å²) >= 11 is 1.57. The van der Waals surface area contributed by atoms with E-state index in [1.807, 2.05) is 69.4 Å². The number of aliphatic hydroxyl groups excluding tert-OH is 1. The van der Waals surface area contributed by atoms with E-state index in [1.165, 1.54) is 12.0 Å². The van der Waals surface area contributed by atoms with Gasteiger partial charge in [0.2, 0.25) is 17.7 Å². The lowest BCUT2D eigenvalue weighted by Crippen LogP contribution is -2.57. The molecule has 1 aliphatic rings. The predicted octanol–water partition coefficient (Wildman–Crippen LogP) is 5.06. The fraction of sp³-hybridized carbons (Fsp3) is 0.400. The minimum absolute atomic E-state index is 0.00106. The molecule has 16 nitrogen and oxygen atoms in total. The van der Waals surface area contributed by atoms with Crippen molar-refractivity contribution in [2.24, 2.45) is 5.41 Å². The first kappa shape index (κ1) is 45.4. The molecule has 0 radical (unpaired) electrons. The van der Waals surface area contributed by atoms with Gasteiger partial charge in [0.1, 0.15) is 29.3 Å². The lowest BCUT2D eigenvalue weighted by atomic mass is 9.85. The van der Waals surface area contributed by atoms with Gasteiger partial charge in [-0.25, -0.2) is 9.97 Å². The van der Waals surface area contributed by atoms with Gasteiger partial charge in [0.15, 0.2) is 0 Å². The maximum Gasteiger partial charge on any atom is 0.274 e. The molecule has 0 spiro atoms. The highest BCUT2D eigenvalue weighted by Crippen LogP contribution is 2.31. The summed E-state index contributed by atoms with van der Waals surface area (Å²) in [4.78, 5) is 67.1. The Hall–Kier alpha value is -6.17. The Morgan fingerprint density at radius 3 is 2.55 bits per heavy atom. The first-order valence-electron chi connectivity index (χ1n) is 20.5. The minimum atomic E-state index is -0.913. The van der Waals surface area contributed by atoms with Crippen LogP contribution in [-0.2, 0) is 20.9 Å². The summed E-state index contributed by atoms with van der Waals surface area (Å²) in [5.41, 5.74) is 6.06. The van der Waals surface area contributed by atoms with Crippen LogP contribution in [0.15, 0.2) is 78.4 Å². The van der Waals surface area contributed by atoms with Crippen molar-refractivity contribution in [1.82, 2.24) is 40.6 Å². The van der Waals surface area contributed by atoms with Crippen LogP contribution in [-0.4, -0.2) is 117 Å². The number of hydrogen-bond donors (Lipinski definition) is 5. The van der Waals surface area contributed by atoms with Crippen molar-refractivity contribution < 1.29 is 33.8 Å². The van der Waals surface area contributed by atoms with E-state index in [0.717, 1.165) is 21.7 Å². The number of aliphatic hydroxyl groups is 1. The number of ether oxygens (including phenoxy) is 2. The van der Waals surface area contributed by atoms with Gasteiger partial charge in [0.05, 0.1) is 53.0 Å². The van der Waals surface area contributed by atoms with Gasteiger partial charge in [-0.3, -0.25) is 24.3 Å². The number of anilines is 1. The summed E-state index contributed by atoms with van der Waals surface area (Å²) in [5.74, 6) is -0.457. The Kier molecular flexibility index (Phi) is 15.1. The Morgan fingerprint density at radius 1 is 1.06 bits per heavy atom. The third-order valence-electron chi connectivity index (χ3n) is 10.6. The molecule has 0 bridgehead atoms. The largest absolute Gasteiger partial charge is 0.494 e. The number of carbonyl (C=O) groups excluding carboxylic acids is 4. The Balaban J connectivity index is 0.938. The van der Waals surface area contributed by atoms with E-state index in [9.17, 15) is 24.3 Å². The van der Waals surface area contributed by atoms with E-state index >= 15 is 0 Å². The fourth-order valence-electron chi connectivity index (χ4n) is 7.10. The van der Waals surface area contributed by atoms with Crippen LogP contribution in [0.3, 0.4) is 0 Å². The van der Waals surface area contributed by atoms with Gasteiger partial charge in [-0.1, -0.05) is 51.1 Å². The number of β-amino-alcohol motifs (C(OH)–C–C–N with tert-alkyl or cyclic N) is 1. The van der Waals surface area contributed by atoms with Crippen molar-refractivity contribution in [3.05, 3.63) is 95.4 Å². The number of carbonyl (C=O) groups is 4. The van der Waals surface area contributed by atoms with Crippen molar-refractivity contribution in [3.63, 3.8) is 0 Å². The van der Waals surface area contributed by atoms with Crippen molar-refractivity contribution >= 4 is 40.7 Å². The summed E-state index contributed by atoms with van der Waals surface area (Å²) in [6.45, 7) is 9.30. The number of hydrogen-bond acceptors (Lipinski definition) is 12. The van der Waals surface area contributed by atoms with E-state index < -0.39 is 35.4 Å². The van der Waals surface area contributed by atoms with Gasteiger partial charge in [0.25, 0.3) is 5.91 Å². The van der Waals surface area contributed by atoms with Crippen LogP contribution in [0.25, 0.3) is 21.8 Å². The van der Waals surface area contributed by atoms with Crippen LogP contribution in [0, 0.1) is 12.3 Å².